The summed E-state index contributed by atoms with van der Waals surface area (Å²) in [6.07, 6.45) is 0.767. The van der Waals surface area contributed by atoms with Crippen molar-refractivity contribution in [2.24, 2.45) is 0 Å². The van der Waals surface area contributed by atoms with Gasteiger partial charge in [0.25, 0.3) is 0 Å². The van der Waals surface area contributed by atoms with E-state index in [0.717, 1.165) is 17.3 Å². The molecule has 1 heterocycles. The Labute approximate surface area is 100 Å². The molecule has 0 aliphatic carbocycles. The Kier molecular flexibility index (Phi) is 3.77. The molecule has 88 valence electrons. The molecule has 0 amide bonds. The second-order valence-corrected chi connectivity index (χ2v) is 6.38. The average Bonchev–Trinajstić information content (AvgIpc) is 2.28. The van der Waals surface area contributed by atoms with Gasteiger partial charge < -0.3 is 9.47 Å². The summed E-state index contributed by atoms with van der Waals surface area (Å²) in [4.78, 5) is 1.43. The lowest BCUT2D eigenvalue weighted by molar-refractivity contribution is 0.0278. The molecule has 1 aromatic rings. The number of hydrogen-bond donors (Lipinski definition) is 0. The van der Waals surface area contributed by atoms with Crippen molar-refractivity contribution < 1.29 is 9.47 Å². The highest BCUT2D eigenvalue weighted by Crippen LogP contribution is 2.24. The molecule has 0 N–H and O–H groups in total. The van der Waals surface area contributed by atoms with E-state index in [1.807, 2.05) is 12.1 Å². The number of rotatable bonds is 2. The van der Waals surface area contributed by atoms with Gasteiger partial charge in [-0.25, -0.2) is 0 Å². The summed E-state index contributed by atoms with van der Waals surface area (Å²) < 4.78 is 10.9. The van der Waals surface area contributed by atoms with Crippen molar-refractivity contribution in [1.82, 2.24) is 0 Å². The molecule has 1 saturated heterocycles. The summed E-state index contributed by atoms with van der Waals surface area (Å²) >= 11 is 0. The van der Waals surface area contributed by atoms with Gasteiger partial charge in [0.15, 0.2) is 4.90 Å². The summed E-state index contributed by atoms with van der Waals surface area (Å²) in [5, 5.41) is 0. The van der Waals surface area contributed by atoms with E-state index in [4.69, 9.17) is 9.47 Å². The fourth-order valence-corrected chi connectivity index (χ4v) is 4.40. The molecule has 0 radical (unpaired) electrons. The largest absolute Gasteiger partial charge is 0.497 e. The first-order valence-electron chi connectivity index (χ1n) is 5.66. The van der Waals surface area contributed by atoms with E-state index in [1.165, 1.54) is 4.90 Å². The Morgan fingerprint density at radius 1 is 1.12 bits per heavy atom. The fourth-order valence-electron chi connectivity index (χ4n) is 2.07. The molecule has 2 unspecified atom stereocenters. The molecule has 3 heteroatoms. The lowest BCUT2D eigenvalue weighted by Crippen LogP contribution is -2.38. The van der Waals surface area contributed by atoms with Crippen LogP contribution in [0.4, 0.5) is 0 Å². The minimum atomic E-state index is 0.341. The van der Waals surface area contributed by atoms with Crippen LogP contribution in [0.2, 0.25) is 0 Å². The predicted molar refractivity (Wildman–Crippen MR) is 68.4 cm³/mol. The van der Waals surface area contributed by atoms with Gasteiger partial charge in [-0.1, -0.05) is 0 Å². The zero-order chi connectivity index (χ0) is 11.5. The van der Waals surface area contributed by atoms with Gasteiger partial charge in [0.05, 0.1) is 7.11 Å². The summed E-state index contributed by atoms with van der Waals surface area (Å²) in [6.45, 7) is 4.33. The van der Waals surface area contributed by atoms with Crippen molar-refractivity contribution in [3.63, 3.8) is 0 Å². The second-order valence-electron chi connectivity index (χ2n) is 4.26. The molecule has 2 atom stereocenters. The third kappa shape index (κ3) is 2.71. The van der Waals surface area contributed by atoms with E-state index in [9.17, 15) is 0 Å². The summed E-state index contributed by atoms with van der Waals surface area (Å²) in [7, 11) is 2.05. The molecule has 1 fully saturated rings. The van der Waals surface area contributed by atoms with Crippen LogP contribution >= 0.6 is 0 Å². The van der Waals surface area contributed by atoms with Crippen LogP contribution in [0.5, 0.6) is 5.75 Å². The van der Waals surface area contributed by atoms with Gasteiger partial charge in [0.2, 0.25) is 0 Å². The van der Waals surface area contributed by atoms with E-state index < -0.39 is 0 Å². The smallest absolute Gasteiger partial charge is 0.155 e. The minimum Gasteiger partial charge on any atom is -0.497 e. The van der Waals surface area contributed by atoms with Crippen molar-refractivity contribution in [1.29, 1.82) is 0 Å². The van der Waals surface area contributed by atoms with Crippen molar-refractivity contribution in [3.05, 3.63) is 24.3 Å². The molecule has 1 aliphatic rings. The van der Waals surface area contributed by atoms with Gasteiger partial charge in [-0.15, -0.1) is 0 Å². The highest BCUT2D eigenvalue weighted by Gasteiger charge is 2.33. The standard InChI is InChI=1S/C13H19O2S/c1-10-8-16(9-11(2)15-10)13-6-4-12(14-3)5-7-13/h4-7,10-11H,8-9H2,1-3H3/q+1. The minimum absolute atomic E-state index is 0.341. The molecule has 16 heavy (non-hydrogen) atoms. The average molecular weight is 239 g/mol. The zero-order valence-electron chi connectivity index (χ0n) is 10.1. The van der Waals surface area contributed by atoms with Crippen molar-refractivity contribution in [2.75, 3.05) is 18.6 Å². The third-order valence-electron chi connectivity index (χ3n) is 2.73. The Morgan fingerprint density at radius 2 is 1.69 bits per heavy atom. The van der Waals surface area contributed by atoms with Gasteiger partial charge in [-0.05, 0) is 38.1 Å². The first kappa shape index (κ1) is 11.8. The van der Waals surface area contributed by atoms with E-state index in [1.54, 1.807) is 7.11 Å². The zero-order valence-corrected chi connectivity index (χ0v) is 10.9. The molecule has 0 spiro atoms. The highest BCUT2D eigenvalue weighted by atomic mass is 32.2. The van der Waals surface area contributed by atoms with Crippen LogP contribution in [-0.4, -0.2) is 30.8 Å². The maximum atomic E-state index is 5.77. The highest BCUT2D eigenvalue weighted by molar-refractivity contribution is 7.97. The van der Waals surface area contributed by atoms with Gasteiger partial charge in [0, 0.05) is 10.9 Å². The Morgan fingerprint density at radius 3 is 2.19 bits per heavy atom. The lowest BCUT2D eigenvalue weighted by atomic mass is 10.3. The molecular formula is C13H19O2S+. The molecular weight excluding hydrogens is 220 g/mol. The van der Waals surface area contributed by atoms with Crippen LogP contribution in [-0.2, 0) is 15.6 Å². The monoisotopic (exact) mass is 239 g/mol. The summed E-state index contributed by atoms with van der Waals surface area (Å²) in [5.41, 5.74) is 0. The SMILES string of the molecule is COc1ccc([S+]2CC(C)OC(C)C2)cc1. The van der Waals surface area contributed by atoms with Crippen LogP contribution < -0.4 is 4.74 Å². The molecule has 1 aromatic carbocycles. The number of ether oxygens (including phenoxy) is 2. The molecule has 0 bridgehead atoms. The maximum absolute atomic E-state index is 5.77. The molecule has 2 nitrogen and oxygen atoms in total. The van der Waals surface area contributed by atoms with Gasteiger partial charge >= 0.3 is 0 Å². The number of methoxy groups -OCH3 is 1. The third-order valence-corrected chi connectivity index (χ3v) is 5.41. The van der Waals surface area contributed by atoms with Crippen LogP contribution in [0.15, 0.2) is 29.2 Å². The summed E-state index contributed by atoms with van der Waals surface area (Å²) in [5.74, 6) is 3.23. The molecule has 2 rings (SSSR count). The topological polar surface area (TPSA) is 18.5 Å². The predicted octanol–water partition coefficient (Wildman–Crippen LogP) is 2.48. The van der Waals surface area contributed by atoms with Crippen molar-refractivity contribution >= 4 is 10.9 Å². The van der Waals surface area contributed by atoms with Crippen molar-refractivity contribution in [2.45, 2.75) is 31.0 Å². The van der Waals surface area contributed by atoms with E-state index in [2.05, 4.69) is 26.0 Å². The fraction of sp³-hybridized carbons (Fsp3) is 0.538. The van der Waals surface area contributed by atoms with Gasteiger partial charge in [-0.2, -0.15) is 0 Å². The Balaban J connectivity index is 2.10. The van der Waals surface area contributed by atoms with Gasteiger partial charge in [0.1, 0.15) is 29.5 Å². The number of hydrogen-bond acceptors (Lipinski definition) is 2. The first-order chi connectivity index (χ1) is 7.69. The Hall–Kier alpha value is -0.670. The van der Waals surface area contributed by atoms with E-state index >= 15 is 0 Å². The molecule has 0 aromatic heterocycles. The first-order valence-corrected chi connectivity index (χ1v) is 7.22. The number of benzene rings is 1. The molecule has 0 saturated carbocycles. The van der Waals surface area contributed by atoms with Crippen LogP contribution in [0.25, 0.3) is 0 Å². The second kappa shape index (κ2) is 5.11. The molecule has 1 aliphatic heterocycles. The summed E-state index contributed by atoms with van der Waals surface area (Å²) in [6, 6.07) is 8.47. The quantitative estimate of drug-likeness (QED) is 0.738. The van der Waals surface area contributed by atoms with Gasteiger partial charge in [-0.3, -0.25) is 0 Å². The van der Waals surface area contributed by atoms with Crippen LogP contribution in [0.3, 0.4) is 0 Å². The van der Waals surface area contributed by atoms with E-state index in [-0.39, 0.29) is 0 Å². The van der Waals surface area contributed by atoms with Crippen LogP contribution in [0.1, 0.15) is 13.8 Å². The lowest BCUT2D eigenvalue weighted by Gasteiger charge is -2.25. The van der Waals surface area contributed by atoms with Crippen LogP contribution in [0, 0.1) is 0 Å². The van der Waals surface area contributed by atoms with E-state index in [0.29, 0.717) is 23.1 Å². The Bertz CT molecular complexity index is 326. The van der Waals surface area contributed by atoms with Crippen molar-refractivity contribution in [3.8, 4) is 5.75 Å². The normalized spacial score (nSPS) is 30.1. The maximum Gasteiger partial charge on any atom is 0.155 e.